The van der Waals surface area contributed by atoms with Crippen LogP contribution in [0.2, 0.25) is 0 Å². The third-order valence-electron chi connectivity index (χ3n) is 2.04. The van der Waals surface area contributed by atoms with Gasteiger partial charge in [-0.2, -0.15) is 0 Å². The van der Waals surface area contributed by atoms with Gasteiger partial charge in [0.15, 0.2) is 0 Å². The number of ether oxygens (including phenoxy) is 2. The molecule has 0 spiro atoms. The number of halogens is 1. The van der Waals surface area contributed by atoms with Crippen LogP contribution in [-0.2, 0) is 16.0 Å². The second-order valence-electron chi connectivity index (χ2n) is 2.97. The molecule has 0 aromatic heterocycles. The first-order chi connectivity index (χ1) is 7.72. The molecule has 0 N–H and O–H groups in total. The second-order valence-corrected chi connectivity index (χ2v) is 3.76. The van der Waals surface area contributed by atoms with E-state index in [4.69, 9.17) is 4.74 Å². The van der Waals surface area contributed by atoms with E-state index >= 15 is 0 Å². The molecule has 0 unspecified atom stereocenters. The minimum absolute atomic E-state index is 0.112. The highest BCUT2D eigenvalue weighted by atomic mass is 79.9. The molecule has 0 amide bonds. The molecule has 0 heterocycles. The fourth-order valence-electron chi connectivity index (χ4n) is 1.29. The van der Waals surface area contributed by atoms with Crippen molar-refractivity contribution in [2.45, 2.75) is 6.42 Å². The van der Waals surface area contributed by atoms with E-state index < -0.39 is 5.97 Å². The average Bonchev–Trinajstić information content (AvgIpc) is 2.30. The van der Waals surface area contributed by atoms with Gasteiger partial charge in [0.05, 0.1) is 12.7 Å². The number of methoxy groups -OCH3 is 1. The van der Waals surface area contributed by atoms with Crippen LogP contribution in [0.3, 0.4) is 0 Å². The van der Waals surface area contributed by atoms with Crippen molar-refractivity contribution in [1.29, 1.82) is 0 Å². The fourth-order valence-corrected chi connectivity index (χ4v) is 1.72. The summed E-state index contributed by atoms with van der Waals surface area (Å²) >= 11 is 3.33. The zero-order valence-electron chi connectivity index (χ0n) is 8.73. The number of carbonyl (C=O) groups excluding carboxylic acids is 2. The Morgan fingerprint density at radius 3 is 2.81 bits per heavy atom. The Hall–Kier alpha value is -1.36. The van der Waals surface area contributed by atoms with Gasteiger partial charge in [0.2, 0.25) is 0 Å². The summed E-state index contributed by atoms with van der Waals surface area (Å²) in [6.07, 6.45) is 0.798. The maximum absolute atomic E-state index is 11.3. The molecular formula is C11H11BrO4. The van der Waals surface area contributed by atoms with Crippen molar-refractivity contribution in [3.05, 3.63) is 29.3 Å². The maximum atomic E-state index is 11.3. The second kappa shape index (κ2) is 6.27. The van der Waals surface area contributed by atoms with Crippen LogP contribution in [0.15, 0.2) is 18.2 Å². The SMILES string of the molecule is COc1cc(C(=O)OC=O)ccc1CCBr. The van der Waals surface area contributed by atoms with E-state index in [2.05, 4.69) is 20.7 Å². The summed E-state index contributed by atoms with van der Waals surface area (Å²) in [4.78, 5) is 21.3. The summed E-state index contributed by atoms with van der Waals surface area (Å²) in [6.45, 7) is 0.112. The van der Waals surface area contributed by atoms with Crippen molar-refractivity contribution in [3.8, 4) is 5.75 Å². The van der Waals surface area contributed by atoms with Crippen molar-refractivity contribution < 1.29 is 19.1 Å². The normalized spacial score (nSPS) is 9.62. The summed E-state index contributed by atoms with van der Waals surface area (Å²) < 4.78 is 9.39. The van der Waals surface area contributed by atoms with Gasteiger partial charge in [0.1, 0.15) is 5.75 Å². The molecule has 16 heavy (non-hydrogen) atoms. The van der Waals surface area contributed by atoms with Crippen LogP contribution in [0.25, 0.3) is 0 Å². The molecule has 0 atom stereocenters. The quantitative estimate of drug-likeness (QED) is 0.359. The molecule has 5 heteroatoms. The smallest absolute Gasteiger partial charge is 0.345 e. The van der Waals surface area contributed by atoms with E-state index in [9.17, 15) is 9.59 Å². The molecule has 1 aromatic carbocycles. The number of hydrogen-bond acceptors (Lipinski definition) is 4. The molecule has 0 fully saturated rings. The van der Waals surface area contributed by atoms with Crippen molar-refractivity contribution in [3.63, 3.8) is 0 Å². The Morgan fingerprint density at radius 1 is 1.50 bits per heavy atom. The van der Waals surface area contributed by atoms with Crippen LogP contribution >= 0.6 is 15.9 Å². The fraction of sp³-hybridized carbons (Fsp3) is 0.273. The third kappa shape index (κ3) is 3.06. The van der Waals surface area contributed by atoms with Gasteiger partial charge in [-0.15, -0.1) is 0 Å². The van der Waals surface area contributed by atoms with E-state index in [1.807, 2.05) is 0 Å². The van der Waals surface area contributed by atoms with Gasteiger partial charge >= 0.3 is 12.4 Å². The maximum Gasteiger partial charge on any atom is 0.345 e. The molecular weight excluding hydrogens is 276 g/mol. The topological polar surface area (TPSA) is 52.6 Å². The largest absolute Gasteiger partial charge is 0.496 e. The lowest BCUT2D eigenvalue weighted by Gasteiger charge is -2.08. The number of hydrogen-bond donors (Lipinski definition) is 0. The molecule has 0 saturated heterocycles. The Morgan fingerprint density at radius 2 is 2.25 bits per heavy atom. The standard InChI is InChI=1S/C11H11BrO4/c1-15-10-6-9(11(14)16-7-13)3-2-8(10)4-5-12/h2-3,6-7H,4-5H2,1H3. The van der Waals surface area contributed by atoms with Gasteiger partial charge in [0.25, 0.3) is 0 Å². The molecule has 0 radical (unpaired) electrons. The molecule has 1 rings (SSSR count). The van der Waals surface area contributed by atoms with Crippen molar-refractivity contribution in [2.24, 2.45) is 0 Å². The first-order valence-corrected chi connectivity index (χ1v) is 5.72. The van der Waals surface area contributed by atoms with Crippen LogP contribution in [0.5, 0.6) is 5.75 Å². The number of aryl methyl sites for hydroxylation is 1. The molecule has 0 aliphatic carbocycles. The zero-order chi connectivity index (χ0) is 12.0. The summed E-state index contributed by atoms with van der Waals surface area (Å²) in [5.74, 6) is -0.0708. The van der Waals surface area contributed by atoms with Gasteiger partial charge in [-0.05, 0) is 24.1 Å². The average molecular weight is 287 g/mol. The number of alkyl halides is 1. The third-order valence-corrected chi connectivity index (χ3v) is 2.44. The minimum Gasteiger partial charge on any atom is -0.496 e. The summed E-state index contributed by atoms with van der Waals surface area (Å²) in [5, 5.41) is 0.807. The number of carbonyl (C=O) groups is 2. The number of rotatable bonds is 5. The van der Waals surface area contributed by atoms with Crippen LogP contribution in [0, 0.1) is 0 Å². The van der Waals surface area contributed by atoms with Crippen molar-refractivity contribution in [1.82, 2.24) is 0 Å². The zero-order valence-corrected chi connectivity index (χ0v) is 10.3. The van der Waals surface area contributed by atoms with Crippen LogP contribution in [0.4, 0.5) is 0 Å². The lowest BCUT2D eigenvalue weighted by Crippen LogP contribution is -2.04. The van der Waals surface area contributed by atoms with E-state index in [0.29, 0.717) is 11.3 Å². The van der Waals surface area contributed by atoms with Crippen molar-refractivity contribution >= 4 is 28.4 Å². The molecule has 0 aliphatic rings. The predicted octanol–water partition coefficient (Wildman–Crippen LogP) is 1.95. The monoisotopic (exact) mass is 286 g/mol. The van der Waals surface area contributed by atoms with Gasteiger partial charge in [-0.3, -0.25) is 4.79 Å². The lowest BCUT2D eigenvalue weighted by atomic mass is 10.1. The van der Waals surface area contributed by atoms with E-state index in [1.165, 1.54) is 7.11 Å². The number of benzene rings is 1. The Labute approximate surface area is 102 Å². The molecule has 86 valence electrons. The molecule has 4 nitrogen and oxygen atoms in total. The van der Waals surface area contributed by atoms with E-state index in [1.54, 1.807) is 18.2 Å². The van der Waals surface area contributed by atoms with Crippen LogP contribution < -0.4 is 4.74 Å². The van der Waals surface area contributed by atoms with Crippen LogP contribution in [0.1, 0.15) is 15.9 Å². The Kier molecular flexibility index (Phi) is 4.98. The summed E-state index contributed by atoms with van der Waals surface area (Å²) in [5.41, 5.74) is 1.28. The Bertz CT molecular complexity index is 390. The molecule has 1 aromatic rings. The summed E-state index contributed by atoms with van der Waals surface area (Å²) in [7, 11) is 1.53. The van der Waals surface area contributed by atoms with Gasteiger partial charge in [0, 0.05) is 5.33 Å². The van der Waals surface area contributed by atoms with Crippen molar-refractivity contribution in [2.75, 3.05) is 12.4 Å². The highest BCUT2D eigenvalue weighted by Gasteiger charge is 2.10. The first kappa shape index (κ1) is 12.7. The Balaban J connectivity index is 2.98. The highest BCUT2D eigenvalue weighted by Crippen LogP contribution is 2.21. The van der Waals surface area contributed by atoms with E-state index in [-0.39, 0.29) is 6.47 Å². The highest BCUT2D eigenvalue weighted by molar-refractivity contribution is 9.09. The first-order valence-electron chi connectivity index (χ1n) is 4.60. The molecule has 0 aliphatic heterocycles. The lowest BCUT2D eigenvalue weighted by molar-refractivity contribution is -0.123. The van der Waals surface area contributed by atoms with Gasteiger partial charge in [-0.25, -0.2) is 4.79 Å². The van der Waals surface area contributed by atoms with Gasteiger partial charge < -0.3 is 9.47 Å². The van der Waals surface area contributed by atoms with Gasteiger partial charge in [-0.1, -0.05) is 22.0 Å². The predicted molar refractivity (Wildman–Crippen MR) is 62.0 cm³/mol. The molecule has 0 bridgehead atoms. The number of esters is 1. The molecule has 0 saturated carbocycles. The van der Waals surface area contributed by atoms with E-state index in [0.717, 1.165) is 17.3 Å². The summed E-state index contributed by atoms with van der Waals surface area (Å²) in [6, 6.07) is 4.94. The van der Waals surface area contributed by atoms with Crippen LogP contribution in [-0.4, -0.2) is 24.9 Å². The minimum atomic E-state index is -0.682.